The van der Waals surface area contributed by atoms with Crippen LogP contribution in [0.1, 0.15) is 26.3 Å². The predicted octanol–water partition coefficient (Wildman–Crippen LogP) is 2.19. The fraction of sp³-hybridized carbons (Fsp3) is 0.400. The molecular formula is C10H15OP. The molecule has 12 heavy (non-hydrogen) atoms. The first kappa shape index (κ1) is 9.54. The van der Waals surface area contributed by atoms with Crippen molar-refractivity contribution in [3.05, 3.63) is 23.8 Å². The average Bonchev–Trinajstić information content (AvgIpc) is 1.92. The number of phenolic OH excluding ortho intramolecular Hbond substituents is 1. The molecule has 1 atom stereocenters. The van der Waals surface area contributed by atoms with Gasteiger partial charge in [-0.3, -0.25) is 0 Å². The van der Waals surface area contributed by atoms with Crippen LogP contribution in [0.15, 0.2) is 18.2 Å². The molecule has 0 spiro atoms. The molecular weight excluding hydrogens is 167 g/mol. The lowest BCUT2D eigenvalue weighted by Crippen LogP contribution is -2.12. The van der Waals surface area contributed by atoms with Crippen molar-refractivity contribution in [1.82, 2.24) is 0 Å². The fourth-order valence-electron chi connectivity index (χ4n) is 1.02. The summed E-state index contributed by atoms with van der Waals surface area (Å²) in [6.45, 7) is 6.47. The zero-order valence-corrected chi connectivity index (χ0v) is 8.91. The molecule has 0 radical (unpaired) electrons. The molecule has 0 bridgehead atoms. The summed E-state index contributed by atoms with van der Waals surface area (Å²) in [5.74, 6) is 0.341. The lowest BCUT2D eigenvalue weighted by Gasteiger charge is -2.19. The molecule has 1 aromatic rings. The third kappa shape index (κ3) is 1.98. The smallest absolute Gasteiger partial charge is 0.122 e. The van der Waals surface area contributed by atoms with E-state index in [2.05, 4.69) is 30.0 Å². The Morgan fingerprint density at radius 2 is 1.83 bits per heavy atom. The number of benzene rings is 1. The van der Waals surface area contributed by atoms with Gasteiger partial charge in [-0.25, -0.2) is 0 Å². The first-order chi connectivity index (χ1) is 5.41. The molecule has 0 saturated heterocycles. The van der Waals surface area contributed by atoms with Crippen LogP contribution >= 0.6 is 9.24 Å². The van der Waals surface area contributed by atoms with E-state index in [1.807, 2.05) is 12.1 Å². The van der Waals surface area contributed by atoms with Gasteiger partial charge < -0.3 is 5.11 Å². The van der Waals surface area contributed by atoms with Gasteiger partial charge in [0.05, 0.1) is 0 Å². The van der Waals surface area contributed by atoms with Gasteiger partial charge in [0.1, 0.15) is 5.75 Å². The second-order valence-corrected chi connectivity index (χ2v) is 4.65. The van der Waals surface area contributed by atoms with Crippen molar-refractivity contribution in [2.24, 2.45) is 0 Å². The van der Waals surface area contributed by atoms with E-state index in [4.69, 9.17) is 0 Å². The molecule has 1 rings (SSSR count). The van der Waals surface area contributed by atoms with E-state index in [0.29, 0.717) is 5.75 Å². The van der Waals surface area contributed by atoms with Crippen molar-refractivity contribution < 1.29 is 5.11 Å². The number of hydrogen-bond acceptors (Lipinski definition) is 1. The van der Waals surface area contributed by atoms with Crippen LogP contribution in [0.2, 0.25) is 0 Å². The maximum Gasteiger partial charge on any atom is 0.122 e. The van der Waals surface area contributed by atoms with E-state index in [1.54, 1.807) is 6.07 Å². The minimum absolute atomic E-state index is 0.152. The number of hydrogen-bond donors (Lipinski definition) is 1. The first-order valence-corrected chi connectivity index (χ1v) is 4.58. The van der Waals surface area contributed by atoms with Gasteiger partial charge in [-0.05, 0) is 23.1 Å². The van der Waals surface area contributed by atoms with E-state index in [9.17, 15) is 5.11 Å². The predicted molar refractivity (Wildman–Crippen MR) is 56.2 cm³/mol. The second-order valence-electron chi connectivity index (χ2n) is 4.02. The topological polar surface area (TPSA) is 20.2 Å². The molecule has 1 nitrogen and oxygen atoms in total. The summed E-state index contributed by atoms with van der Waals surface area (Å²) in [4.78, 5) is 0. The summed E-state index contributed by atoms with van der Waals surface area (Å²) >= 11 is 0. The zero-order chi connectivity index (χ0) is 9.35. The van der Waals surface area contributed by atoms with Gasteiger partial charge in [0.25, 0.3) is 0 Å². The molecule has 0 aromatic heterocycles. The zero-order valence-electron chi connectivity index (χ0n) is 7.76. The highest BCUT2D eigenvalue weighted by molar-refractivity contribution is 7.27. The summed E-state index contributed by atoms with van der Waals surface area (Å²) in [5, 5.41) is 10.2. The van der Waals surface area contributed by atoms with Crippen molar-refractivity contribution in [3.63, 3.8) is 0 Å². The van der Waals surface area contributed by atoms with Crippen molar-refractivity contribution in [1.29, 1.82) is 0 Å². The molecule has 2 heteroatoms. The monoisotopic (exact) mass is 182 g/mol. The molecule has 0 aliphatic carbocycles. The van der Waals surface area contributed by atoms with E-state index in [1.165, 1.54) is 5.56 Å². The van der Waals surface area contributed by atoms with E-state index in [0.717, 1.165) is 5.30 Å². The van der Waals surface area contributed by atoms with Crippen molar-refractivity contribution in [3.8, 4) is 5.75 Å². The third-order valence-corrected chi connectivity index (χ3v) is 2.36. The number of aromatic hydroxyl groups is 1. The molecule has 1 N–H and O–H groups in total. The SMILES string of the molecule is CC(C)(C)c1ccc(O)c(P)c1. The molecule has 0 saturated carbocycles. The van der Waals surface area contributed by atoms with Crippen LogP contribution in [0.4, 0.5) is 0 Å². The van der Waals surface area contributed by atoms with Crippen LogP contribution in [0.25, 0.3) is 0 Å². The number of rotatable bonds is 0. The summed E-state index contributed by atoms with van der Waals surface area (Å²) in [6, 6.07) is 5.70. The van der Waals surface area contributed by atoms with Crippen molar-refractivity contribution in [2.45, 2.75) is 26.2 Å². The molecule has 0 heterocycles. The largest absolute Gasteiger partial charge is 0.507 e. The van der Waals surface area contributed by atoms with Gasteiger partial charge in [-0.2, -0.15) is 0 Å². The molecule has 1 unspecified atom stereocenters. The normalized spacial score (nSPS) is 11.7. The Hall–Kier alpha value is -0.550. The average molecular weight is 182 g/mol. The summed E-state index contributed by atoms with van der Waals surface area (Å²) in [6.07, 6.45) is 0. The van der Waals surface area contributed by atoms with Crippen molar-refractivity contribution >= 4 is 14.5 Å². The molecule has 0 fully saturated rings. The Labute approximate surface area is 76.0 Å². The van der Waals surface area contributed by atoms with Gasteiger partial charge >= 0.3 is 0 Å². The number of phenols is 1. The van der Waals surface area contributed by atoms with Gasteiger partial charge in [0.2, 0.25) is 0 Å². The van der Waals surface area contributed by atoms with Crippen LogP contribution in [0.5, 0.6) is 5.75 Å². The van der Waals surface area contributed by atoms with E-state index >= 15 is 0 Å². The summed E-state index contributed by atoms with van der Waals surface area (Å²) < 4.78 is 0. The minimum Gasteiger partial charge on any atom is -0.507 e. The second kappa shape index (κ2) is 3.06. The highest BCUT2D eigenvalue weighted by Crippen LogP contribution is 2.23. The highest BCUT2D eigenvalue weighted by Gasteiger charge is 2.13. The highest BCUT2D eigenvalue weighted by atomic mass is 31.0. The third-order valence-electron chi connectivity index (χ3n) is 1.89. The van der Waals surface area contributed by atoms with Gasteiger partial charge in [-0.15, -0.1) is 9.24 Å². The summed E-state index contributed by atoms with van der Waals surface area (Å²) in [5.41, 5.74) is 1.39. The van der Waals surface area contributed by atoms with Gasteiger partial charge in [0, 0.05) is 5.30 Å². The van der Waals surface area contributed by atoms with Gasteiger partial charge in [-0.1, -0.05) is 26.8 Å². The van der Waals surface area contributed by atoms with E-state index < -0.39 is 0 Å². The maximum absolute atomic E-state index is 9.29. The van der Waals surface area contributed by atoms with Gasteiger partial charge in [0.15, 0.2) is 0 Å². The Bertz CT molecular complexity index is 286. The van der Waals surface area contributed by atoms with E-state index in [-0.39, 0.29) is 5.41 Å². The Kier molecular flexibility index (Phi) is 2.44. The molecule has 1 aromatic carbocycles. The van der Waals surface area contributed by atoms with Crippen LogP contribution in [-0.4, -0.2) is 5.11 Å². The van der Waals surface area contributed by atoms with Crippen LogP contribution in [0.3, 0.4) is 0 Å². The lowest BCUT2D eigenvalue weighted by molar-refractivity contribution is 0.479. The standard InChI is InChI=1S/C10H15OP/c1-10(2,3)7-4-5-8(11)9(12)6-7/h4-6,11H,12H2,1-3H3. The van der Waals surface area contributed by atoms with Crippen LogP contribution in [0, 0.1) is 0 Å². The van der Waals surface area contributed by atoms with Crippen LogP contribution < -0.4 is 5.30 Å². The molecule has 0 aliphatic rings. The molecule has 0 aliphatic heterocycles. The maximum atomic E-state index is 9.29. The Morgan fingerprint density at radius 1 is 1.25 bits per heavy atom. The Morgan fingerprint density at radius 3 is 2.25 bits per heavy atom. The van der Waals surface area contributed by atoms with Crippen LogP contribution in [-0.2, 0) is 5.41 Å². The molecule has 66 valence electrons. The minimum atomic E-state index is 0.152. The van der Waals surface area contributed by atoms with Crippen molar-refractivity contribution in [2.75, 3.05) is 0 Å². The lowest BCUT2D eigenvalue weighted by atomic mass is 9.87. The summed E-state index contributed by atoms with van der Waals surface area (Å²) in [7, 11) is 2.53. The Balaban J connectivity index is 3.14. The first-order valence-electron chi connectivity index (χ1n) is 4.00. The quantitative estimate of drug-likeness (QED) is 0.610. The molecule has 0 amide bonds. The fourth-order valence-corrected chi connectivity index (χ4v) is 1.30.